The fourth-order valence-electron chi connectivity index (χ4n) is 4.00. The van der Waals surface area contributed by atoms with Crippen LogP contribution in [0.5, 0.6) is 0 Å². The van der Waals surface area contributed by atoms with Crippen molar-refractivity contribution in [3.8, 4) is 0 Å². The molecule has 0 radical (unpaired) electrons. The van der Waals surface area contributed by atoms with Crippen molar-refractivity contribution in [1.82, 2.24) is 15.0 Å². The predicted octanol–water partition coefficient (Wildman–Crippen LogP) is 2.30. The number of aliphatic hydroxyl groups excluding tert-OH is 4. The first-order chi connectivity index (χ1) is 15.6. The van der Waals surface area contributed by atoms with Crippen LogP contribution in [-0.2, 0) is 22.6 Å². The molecule has 1 aliphatic heterocycles. The van der Waals surface area contributed by atoms with E-state index in [9.17, 15) is 20.4 Å². The molecule has 4 N–H and O–H groups in total. The lowest BCUT2D eigenvalue weighted by molar-refractivity contribution is -0.304. The molecule has 1 fully saturated rings. The van der Waals surface area contributed by atoms with Gasteiger partial charge in [-0.15, -0.1) is 5.10 Å². The monoisotopic (exact) mass is 457 g/mol. The molecule has 0 aliphatic carbocycles. The molecule has 9 heteroatoms. The van der Waals surface area contributed by atoms with Gasteiger partial charge in [0, 0.05) is 6.54 Å². The van der Waals surface area contributed by atoms with Crippen LogP contribution in [0.2, 0.25) is 0 Å². The standard InChI is InChI=1S/C23H43N3O6/c1-2-3-4-5-6-7-8-9-10-11-12-13-14-26-15-18(24-25-26)17-31-23-22(30)21(29)20(28)19(16-27)32-23/h15,19-23,27-30H,2-14,16-17H2,1H3/t19-,20-,21+,22-,23-/m1/s1. The van der Waals surface area contributed by atoms with Crippen molar-refractivity contribution in [3.05, 3.63) is 11.9 Å². The lowest BCUT2D eigenvalue weighted by Crippen LogP contribution is -2.59. The molecule has 5 atom stereocenters. The van der Waals surface area contributed by atoms with Crippen LogP contribution in [0.25, 0.3) is 0 Å². The number of hydrogen-bond donors (Lipinski definition) is 4. The highest BCUT2D eigenvalue weighted by atomic mass is 16.7. The molecule has 0 amide bonds. The molecule has 32 heavy (non-hydrogen) atoms. The predicted molar refractivity (Wildman–Crippen MR) is 120 cm³/mol. The van der Waals surface area contributed by atoms with Gasteiger partial charge in [-0.25, -0.2) is 0 Å². The number of aromatic nitrogens is 3. The van der Waals surface area contributed by atoms with Crippen LogP contribution in [0.3, 0.4) is 0 Å². The molecular formula is C23H43N3O6. The van der Waals surface area contributed by atoms with Crippen molar-refractivity contribution in [1.29, 1.82) is 0 Å². The van der Waals surface area contributed by atoms with Crippen LogP contribution in [0.1, 0.15) is 89.7 Å². The Hall–Kier alpha value is -1.10. The van der Waals surface area contributed by atoms with Gasteiger partial charge in [0.25, 0.3) is 0 Å². The second-order valence-corrected chi connectivity index (χ2v) is 8.87. The number of aliphatic hydroxyl groups is 4. The molecule has 0 saturated carbocycles. The number of aryl methyl sites for hydroxylation is 1. The summed E-state index contributed by atoms with van der Waals surface area (Å²) in [7, 11) is 0. The third-order valence-corrected chi connectivity index (χ3v) is 6.07. The maximum absolute atomic E-state index is 10.00. The zero-order valence-electron chi connectivity index (χ0n) is 19.5. The summed E-state index contributed by atoms with van der Waals surface area (Å²) < 4.78 is 12.6. The van der Waals surface area contributed by atoms with Crippen molar-refractivity contribution >= 4 is 0 Å². The Labute approximate surface area is 191 Å². The topological polar surface area (TPSA) is 130 Å². The first-order valence-corrected chi connectivity index (χ1v) is 12.4. The minimum atomic E-state index is -1.45. The lowest BCUT2D eigenvalue weighted by Gasteiger charge is -2.39. The van der Waals surface area contributed by atoms with Crippen LogP contribution in [0, 0.1) is 0 Å². The van der Waals surface area contributed by atoms with E-state index in [0.29, 0.717) is 5.69 Å². The molecule has 2 rings (SSSR count). The Kier molecular flexibility index (Phi) is 13.3. The van der Waals surface area contributed by atoms with Crippen molar-refractivity contribution in [2.45, 2.75) is 128 Å². The second-order valence-electron chi connectivity index (χ2n) is 8.87. The largest absolute Gasteiger partial charge is 0.394 e. The van der Waals surface area contributed by atoms with Gasteiger partial charge in [0.2, 0.25) is 0 Å². The van der Waals surface area contributed by atoms with Gasteiger partial charge in [-0.1, -0.05) is 82.8 Å². The maximum atomic E-state index is 10.00. The van der Waals surface area contributed by atoms with E-state index >= 15 is 0 Å². The summed E-state index contributed by atoms with van der Waals surface area (Å²) in [6, 6.07) is 0. The Balaban J connectivity index is 1.53. The zero-order valence-corrected chi connectivity index (χ0v) is 19.5. The van der Waals surface area contributed by atoms with Crippen LogP contribution in [-0.4, -0.2) is 72.7 Å². The number of rotatable bonds is 17. The van der Waals surface area contributed by atoms with Gasteiger partial charge in [-0.2, -0.15) is 0 Å². The number of hydrogen-bond acceptors (Lipinski definition) is 8. The van der Waals surface area contributed by atoms with Crippen molar-refractivity contribution < 1.29 is 29.9 Å². The van der Waals surface area contributed by atoms with Crippen molar-refractivity contribution in [2.75, 3.05) is 6.61 Å². The summed E-state index contributed by atoms with van der Waals surface area (Å²) in [5.41, 5.74) is 0.584. The average Bonchev–Trinajstić information content (AvgIpc) is 3.25. The fraction of sp³-hybridized carbons (Fsp3) is 0.913. The zero-order chi connectivity index (χ0) is 23.2. The molecule has 1 saturated heterocycles. The van der Waals surface area contributed by atoms with Crippen LogP contribution in [0.15, 0.2) is 6.20 Å². The smallest absolute Gasteiger partial charge is 0.187 e. The van der Waals surface area contributed by atoms with Crippen LogP contribution >= 0.6 is 0 Å². The van der Waals surface area contributed by atoms with E-state index in [4.69, 9.17) is 9.47 Å². The molecule has 0 unspecified atom stereocenters. The molecule has 2 heterocycles. The van der Waals surface area contributed by atoms with E-state index in [1.807, 2.05) is 0 Å². The Bertz CT molecular complexity index is 600. The van der Waals surface area contributed by atoms with Gasteiger partial charge in [-0.3, -0.25) is 4.68 Å². The van der Waals surface area contributed by atoms with E-state index in [0.717, 1.165) is 13.0 Å². The lowest BCUT2D eigenvalue weighted by atomic mass is 9.99. The SMILES string of the molecule is CCCCCCCCCCCCCCn1cc(CO[C@@H]2O[C@H](CO)[C@@H](O)[C@H](O)[C@H]2O)nn1. The van der Waals surface area contributed by atoms with Gasteiger partial charge in [0.05, 0.1) is 19.4 Å². The minimum absolute atomic E-state index is 0.0428. The van der Waals surface area contributed by atoms with Crippen LogP contribution in [0.4, 0.5) is 0 Å². The first-order valence-electron chi connectivity index (χ1n) is 12.4. The summed E-state index contributed by atoms with van der Waals surface area (Å²) >= 11 is 0. The highest BCUT2D eigenvalue weighted by Gasteiger charge is 2.44. The Morgan fingerprint density at radius 2 is 1.47 bits per heavy atom. The molecule has 9 nitrogen and oxygen atoms in total. The average molecular weight is 458 g/mol. The maximum Gasteiger partial charge on any atom is 0.187 e. The Morgan fingerprint density at radius 3 is 2.06 bits per heavy atom. The molecule has 0 bridgehead atoms. The van der Waals surface area contributed by atoms with E-state index in [1.165, 1.54) is 70.6 Å². The van der Waals surface area contributed by atoms with Gasteiger partial charge in [-0.05, 0) is 6.42 Å². The number of unbranched alkanes of at least 4 members (excludes halogenated alkanes) is 11. The van der Waals surface area contributed by atoms with Gasteiger partial charge >= 0.3 is 0 Å². The molecule has 1 aromatic rings. The van der Waals surface area contributed by atoms with E-state index in [-0.39, 0.29) is 6.61 Å². The highest BCUT2D eigenvalue weighted by Crippen LogP contribution is 2.22. The number of ether oxygens (including phenoxy) is 2. The van der Waals surface area contributed by atoms with Crippen LogP contribution < -0.4 is 0 Å². The fourth-order valence-corrected chi connectivity index (χ4v) is 4.00. The number of nitrogens with zero attached hydrogens (tertiary/aromatic N) is 3. The van der Waals surface area contributed by atoms with Crippen molar-refractivity contribution in [2.24, 2.45) is 0 Å². The summed E-state index contributed by atoms with van der Waals surface area (Å²) in [5, 5.41) is 47.0. The summed E-state index contributed by atoms with van der Waals surface area (Å²) in [6.45, 7) is 2.61. The van der Waals surface area contributed by atoms with E-state index < -0.39 is 37.3 Å². The molecule has 1 aromatic heterocycles. The third kappa shape index (κ3) is 9.41. The highest BCUT2D eigenvalue weighted by molar-refractivity contribution is 4.92. The van der Waals surface area contributed by atoms with Gasteiger partial charge in [0.15, 0.2) is 6.29 Å². The second kappa shape index (κ2) is 15.7. The van der Waals surface area contributed by atoms with Gasteiger partial charge < -0.3 is 29.9 Å². The normalized spacial score (nSPS) is 26.0. The first kappa shape index (κ1) is 27.1. The van der Waals surface area contributed by atoms with E-state index in [1.54, 1.807) is 10.9 Å². The summed E-state index contributed by atoms with van der Waals surface area (Å²) in [6.07, 6.45) is 11.1. The molecule has 186 valence electrons. The van der Waals surface area contributed by atoms with Crippen molar-refractivity contribution in [3.63, 3.8) is 0 Å². The third-order valence-electron chi connectivity index (χ3n) is 6.07. The summed E-state index contributed by atoms with van der Waals surface area (Å²) in [4.78, 5) is 0. The molecule has 0 spiro atoms. The van der Waals surface area contributed by atoms with E-state index in [2.05, 4.69) is 17.2 Å². The summed E-state index contributed by atoms with van der Waals surface area (Å²) in [5.74, 6) is 0. The molecule has 1 aliphatic rings. The quantitative estimate of drug-likeness (QED) is 0.262. The molecular weight excluding hydrogens is 414 g/mol. The molecule has 0 aromatic carbocycles. The van der Waals surface area contributed by atoms with Gasteiger partial charge in [0.1, 0.15) is 30.1 Å². The Morgan fingerprint density at radius 1 is 0.875 bits per heavy atom. The minimum Gasteiger partial charge on any atom is -0.394 e.